The highest BCUT2D eigenvalue weighted by Gasteiger charge is 2.44. The van der Waals surface area contributed by atoms with Crippen LogP contribution in [0, 0.1) is 11.6 Å². The molecule has 1 aliphatic rings. The average molecular weight is 335 g/mol. The van der Waals surface area contributed by atoms with Gasteiger partial charge in [0.05, 0.1) is 0 Å². The summed E-state index contributed by atoms with van der Waals surface area (Å²) >= 11 is 1.65. The van der Waals surface area contributed by atoms with Gasteiger partial charge in [0, 0.05) is 16.2 Å². The molecule has 3 rings (SSSR count). The number of benzene rings is 2. The number of aromatic hydroxyl groups is 1. The summed E-state index contributed by atoms with van der Waals surface area (Å²) in [5.41, 5.74) is -0.745. The fourth-order valence-corrected chi connectivity index (χ4v) is 3.52. The molecule has 3 nitrogen and oxygen atoms in total. The number of nitrogens with one attached hydrogen (secondary N) is 1. The van der Waals surface area contributed by atoms with E-state index < -0.39 is 28.9 Å². The Bertz CT molecular complexity index is 733. The highest BCUT2D eigenvalue weighted by molar-refractivity contribution is 8.01. The number of carbonyl (C=O) groups excluding carboxylic acids is 1. The van der Waals surface area contributed by atoms with Crippen LogP contribution in [-0.4, -0.2) is 22.3 Å². The van der Waals surface area contributed by atoms with Gasteiger partial charge in [-0.25, -0.2) is 8.78 Å². The molecule has 0 atom stereocenters. The number of amides is 1. The maximum atomic E-state index is 13.7. The summed E-state index contributed by atoms with van der Waals surface area (Å²) in [6.07, 6.45) is 1.86. The van der Waals surface area contributed by atoms with Gasteiger partial charge in [-0.05, 0) is 37.1 Å². The Balaban J connectivity index is 1.67. The first-order chi connectivity index (χ1) is 11.0. The van der Waals surface area contributed by atoms with Gasteiger partial charge in [-0.15, -0.1) is 11.8 Å². The monoisotopic (exact) mass is 335 g/mol. The molecule has 1 amide bonds. The summed E-state index contributed by atoms with van der Waals surface area (Å²) in [5.74, 6) is -3.81. The molecule has 2 aromatic rings. The van der Waals surface area contributed by atoms with Gasteiger partial charge in [-0.2, -0.15) is 0 Å². The summed E-state index contributed by atoms with van der Waals surface area (Å²) in [4.78, 5) is 13.1. The van der Waals surface area contributed by atoms with E-state index in [2.05, 4.69) is 5.32 Å². The zero-order valence-electron chi connectivity index (χ0n) is 12.2. The van der Waals surface area contributed by atoms with Gasteiger partial charge in [0.15, 0.2) is 11.6 Å². The second kappa shape index (κ2) is 6.20. The fourth-order valence-electron chi connectivity index (χ4n) is 2.27. The molecule has 23 heavy (non-hydrogen) atoms. The molecule has 1 saturated carbocycles. The normalized spacial score (nSPS) is 15.2. The molecule has 0 radical (unpaired) electrons. The number of hydrogen-bond donors (Lipinski definition) is 2. The van der Waals surface area contributed by atoms with E-state index in [0.29, 0.717) is 6.54 Å². The van der Waals surface area contributed by atoms with Crippen molar-refractivity contribution in [1.82, 2.24) is 5.32 Å². The first-order valence-electron chi connectivity index (χ1n) is 7.20. The third-order valence-electron chi connectivity index (χ3n) is 3.75. The standard InChI is InChI=1S/C17H15F2NO2S/c18-12-6-7-13(21)15(19)14(12)16(22)20-10-17(8-9-17)23-11-4-2-1-3-5-11/h1-7,21H,8-10H2,(H,20,22). The van der Waals surface area contributed by atoms with Gasteiger partial charge in [-0.1, -0.05) is 18.2 Å². The van der Waals surface area contributed by atoms with Crippen molar-refractivity contribution in [1.29, 1.82) is 0 Å². The van der Waals surface area contributed by atoms with Crippen molar-refractivity contribution in [2.75, 3.05) is 6.54 Å². The summed E-state index contributed by atoms with van der Waals surface area (Å²) in [6.45, 7) is 0.319. The number of carbonyl (C=O) groups is 1. The van der Waals surface area contributed by atoms with E-state index in [1.165, 1.54) is 0 Å². The zero-order valence-corrected chi connectivity index (χ0v) is 13.0. The lowest BCUT2D eigenvalue weighted by Gasteiger charge is -2.16. The molecule has 2 N–H and O–H groups in total. The van der Waals surface area contributed by atoms with Crippen molar-refractivity contribution in [2.24, 2.45) is 0 Å². The molecule has 0 spiro atoms. The van der Waals surface area contributed by atoms with Crippen LogP contribution in [0.5, 0.6) is 5.75 Å². The van der Waals surface area contributed by atoms with Crippen LogP contribution in [0.15, 0.2) is 47.4 Å². The Labute approximate surface area is 136 Å². The zero-order chi connectivity index (χ0) is 16.4. The minimum atomic E-state index is -1.23. The van der Waals surface area contributed by atoms with Crippen molar-refractivity contribution in [3.05, 3.63) is 59.7 Å². The highest BCUT2D eigenvalue weighted by atomic mass is 32.2. The van der Waals surface area contributed by atoms with Crippen molar-refractivity contribution in [3.8, 4) is 5.75 Å². The lowest BCUT2D eigenvalue weighted by molar-refractivity contribution is 0.0943. The largest absolute Gasteiger partial charge is 0.505 e. The van der Waals surface area contributed by atoms with Crippen molar-refractivity contribution in [3.63, 3.8) is 0 Å². The van der Waals surface area contributed by atoms with Crippen LogP contribution in [0.2, 0.25) is 0 Å². The predicted octanol–water partition coefficient (Wildman–Crippen LogP) is 3.73. The van der Waals surface area contributed by atoms with E-state index in [9.17, 15) is 18.7 Å². The summed E-state index contributed by atoms with van der Waals surface area (Å²) < 4.78 is 27.3. The van der Waals surface area contributed by atoms with Crippen LogP contribution in [0.3, 0.4) is 0 Å². The quantitative estimate of drug-likeness (QED) is 0.875. The summed E-state index contributed by atoms with van der Waals surface area (Å²) in [5, 5.41) is 11.9. The van der Waals surface area contributed by atoms with Crippen LogP contribution in [0.25, 0.3) is 0 Å². The second-order valence-electron chi connectivity index (χ2n) is 5.54. The van der Waals surface area contributed by atoms with E-state index in [4.69, 9.17) is 0 Å². The van der Waals surface area contributed by atoms with E-state index in [-0.39, 0.29) is 4.75 Å². The van der Waals surface area contributed by atoms with Gasteiger partial charge in [0.2, 0.25) is 0 Å². The number of phenolic OH excluding ortho intramolecular Hbond substituents is 1. The molecule has 0 heterocycles. The topological polar surface area (TPSA) is 49.3 Å². The van der Waals surface area contributed by atoms with E-state index in [0.717, 1.165) is 29.9 Å². The molecule has 0 saturated heterocycles. The minimum absolute atomic E-state index is 0.124. The maximum absolute atomic E-state index is 13.7. The number of rotatable bonds is 5. The van der Waals surface area contributed by atoms with Crippen LogP contribution < -0.4 is 5.32 Å². The minimum Gasteiger partial charge on any atom is -0.505 e. The van der Waals surface area contributed by atoms with E-state index in [1.807, 2.05) is 30.3 Å². The molecular weight excluding hydrogens is 320 g/mol. The molecule has 0 aliphatic heterocycles. The van der Waals surface area contributed by atoms with Gasteiger partial charge in [-0.3, -0.25) is 4.79 Å². The SMILES string of the molecule is O=C(NCC1(Sc2ccccc2)CC1)c1c(F)ccc(O)c1F. The van der Waals surface area contributed by atoms with Crippen molar-refractivity contribution in [2.45, 2.75) is 22.5 Å². The maximum Gasteiger partial charge on any atom is 0.257 e. The van der Waals surface area contributed by atoms with Crippen molar-refractivity contribution >= 4 is 17.7 Å². The van der Waals surface area contributed by atoms with Gasteiger partial charge in [0.25, 0.3) is 5.91 Å². The molecule has 1 fully saturated rings. The third-order valence-corrected chi connectivity index (χ3v) is 5.25. The fraction of sp³-hybridized carbons (Fsp3) is 0.235. The lowest BCUT2D eigenvalue weighted by Crippen LogP contribution is -2.33. The second-order valence-corrected chi connectivity index (χ2v) is 7.08. The molecule has 6 heteroatoms. The van der Waals surface area contributed by atoms with Crippen LogP contribution in [0.4, 0.5) is 8.78 Å². The van der Waals surface area contributed by atoms with E-state index in [1.54, 1.807) is 11.8 Å². The number of halogens is 2. The van der Waals surface area contributed by atoms with Crippen LogP contribution >= 0.6 is 11.8 Å². The predicted molar refractivity (Wildman–Crippen MR) is 84.6 cm³/mol. The summed E-state index contributed by atoms with van der Waals surface area (Å²) in [7, 11) is 0. The molecular formula is C17H15F2NO2S. The lowest BCUT2D eigenvalue weighted by atomic mass is 10.1. The number of thioether (sulfide) groups is 1. The summed E-state index contributed by atoms with van der Waals surface area (Å²) in [6, 6.07) is 11.5. The Morgan fingerprint density at radius 3 is 2.52 bits per heavy atom. The number of hydrogen-bond acceptors (Lipinski definition) is 3. The van der Waals surface area contributed by atoms with Gasteiger partial charge < -0.3 is 10.4 Å². The van der Waals surface area contributed by atoms with Gasteiger partial charge >= 0.3 is 0 Å². The molecule has 0 bridgehead atoms. The Kier molecular flexibility index (Phi) is 4.26. The first-order valence-corrected chi connectivity index (χ1v) is 8.02. The van der Waals surface area contributed by atoms with Gasteiger partial charge in [0.1, 0.15) is 11.4 Å². The van der Waals surface area contributed by atoms with Crippen LogP contribution in [0.1, 0.15) is 23.2 Å². The smallest absolute Gasteiger partial charge is 0.257 e. The molecule has 0 aromatic heterocycles. The molecule has 1 aliphatic carbocycles. The Morgan fingerprint density at radius 2 is 1.87 bits per heavy atom. The molecule has 0 unspecified atom stereocenters. The molecule has 2 aromatic carbocycles. The average Bonchev–Trinajstić information content (AvgIpc) is 3.30. The van der Waals surface area contributed by atoms with Crippen molar-refractivity contribution < 1.29 is 18.7 Å². The molecule has 120 valence electrons. The number of phenols is 1. The Morgan fingerprint density at radius 1 is 1.17 bits per heavy atom. The Hall–Kier alpha value is -2.08. The highest BCUT2D eigenvalue weighted by Crippen LogP contribution is 2.51. The van der Waals surface area contributed by atoms with Crippen LogP contribution in [-0.2, 0) is 0 Å². The first kappa shape index (κ1) is 15.8. The third kappa shape index (κ3) is 3.47. The van der Waals surface area contributed by atoms with E-state index >= 15 is 0 Å².